The first-order valence-electron chi connectivity index (χ1n) is 11.6. The highest BCUT2D eigenvalue weighted by molar-refractivity contribution is 8.16. The van der Waals surface area contributed by atoms with E-state index in [0.29, 0.717) is 5.69 Å². The van der Waals surface area contributed by atoms with Crippen LogP contribution in [-0.4, -0.2) is 60.0 Å². The summed E-state index contributed by atoms with van der Waals surface area (Å²) in [7, 11) is -3.30. The van der Waals surface area contributed by atoms with Crippen LogP contribution in [0.3, 0.4) is 0 Å². The predicted octanol–water partition coefficient (Wildman–Crippen LogP) is 4.22. The van der Waals surface area contributed by atoms with Crippen molar-refractivity contribution >= 4 is 56.1 Å². The maximum Gasteiger partial charge on any atom is 0.408 e. The Hall–Kier alpha value is -2.63. The fourth-order valence-electron chi connectivity index (χ4n) is 4.17. The summed E-state index contributed by atoms with van der Waals surface area (Å²) in [4.78, 5) is 31.8. The molecule has 0 saturated carbocycles. The minimum Gasteiger partial charge on any atom is -0.444 e. The number of fused-ring (bicyclic) bond motifs is 1. The number of thioether (sulfide) groups is 1. The van der Waals surface area contributed by atoms with E-state index in [1.54, 1.807) is 31.7 Å². The van der Waals surface area contributed by atoms with E-state index in [1.807, 2.05) is 30.3 Å². The average molecular weight is 568 g/mol. The fourth-order valence-corrected chi connectivity index (χ4v) is 8.21. The predicted molar refractivity (Wildman–Crippen MR) is 143 cm³/mol. The Balaban J connectivity index is 1.66. The van der Waals surface area contributed by atoms with Crippen LogP contribution in [0.25, 0.3) is 0 Å². The molecule has 198 valence electrons. The second kappa shape index (κ2) is 10.6. The van der Waals surface area contributed by atoms with Crippen molar-refractivity contribution in [3.8, 4) is 0 Å². The molecule has 4 rings (SSSR count). The van der Waals surface area contributed by atoms with Crippen LogP contribution in [0.5, 0.6) is 0 Å². The fraction of sp³-hybridized carbons (Fsp3) is 0.400. The van der Waals surface area contributed by atoms with Gasteiger partial charge in [0.1, 0.15) is 17.5 Å². The quantitative estimate of drug-likeness (QED) is 0.577. The number of amidine groups is 1. The Morgan fingerprint density at radius 3 is 2.57 bits per heavy atom. The van der Waals surface area contributed by atoms with Crippen molar-refractivity contribution in [1.82, 2.24) is 5.32 Å². The Morgan fingerprint density at radius 2 is 1.92 bits per heavy atom. The van der Waals surface area contributed by atoms with Crippen LogP contribution < -0.4 is 10.2 Å². The molecule has 2 aromatic rings. The minimum absolute atomic E-state index is 0.0777. The highest BCUT2D eigenvalue weighted by Gasteiger charge is 2.49. The van der Waals surface area contributed by atoms with Crippen molar-refractivity contribution in [2.45, 2.75) is 50.1 Å². The molecule has 12 heteroatoms. The lowest BCUT2D eigenvalue weighted by molar-refractivity contribution is -0.119. The van der Waals surface area contributed by atoms with Gasteiger partial charge in [-0.15, -0.1) is 0 Å². The summed E-state index contributed by atoms with van der Waals surface area (Å²) in [5.41, 5.74) is 0.372. The zero-order valence-corrected chi connectivity index (χ0v) is 22.9. The molecule has 0 spiro atoms. The summed E-state index contributed by atoms with van der Waals surface area (Å²) in [6.45, 7) is 5.14. The van der Waals surface area contributed by atoms with E-state index in [0.717, 1.165) is 17.3 Å². The number of ether oxygens (including phenoxy) is 1. The summed E-state index contributed by atoms with van der Waals surface area (Å²) in [6, 6.07) is 11.7. The van der Waals surface area contributed by atoms with Crippen LogP contribution in [-0.2, 0) is 25.8 Å². The first-order chi connectivity index (χ1) is 17.3. The molecule has 0 bridgehead atoms. The summed E-state index contributed by atoms with van der Waals surface area (Å²) < 4.78 is 44.3. The summed E-state index contributed by atoms with van der Waals surface area (Å²) >= 11 is 7.00. The SMILES string of the molecule is CC(C)(C)OC(=O)N[C@H](Cc1ccccc1)C(=O)N=C1S[C@@H]2CS(=O)(=O)C[C@@H]2N1c1ccc(Cl)c(F)c1. The van der Waals surface area contributed by atoms with Crippen molar-refractivity contribution in [2.24, 2.45) is 4.99 Å². The van der Waals surface area contributed by atoms with Crippen molar-refractivity contribution in [1.29, 1.82) is 0 Å². The zero-order valence-electron chi connectivity index (χ0n) is 20.5. The number of amides is 2. The van der Waals surface area contributed by atoms with Gasteiger partial charge in [-0.25, -0.2) is 17.6 Å². The van der Waals surface area contributed by atoms with Crippen molar-refractivity contribution < 1.29 is 27.1 Å². The molecular weight excluding hydrogens is 541 g/mol. The topological polar surface area (TPSA) is 105 Å². The Labute approximate surface area is 224 Å². The number of nitrogens with zero attached hydrogens (tertiary/aromatic N) is 2. The van der Waals surface area contributed by atoms with E-state index in [-0.39, 0.29) is 33.4 Å². The standard InChI is InChI=1S/C25H27ClFN3O5S2/c1-25(2,3)35-24(32)28-19(11-15-7-5-4-6-8-15)22(31)29-23-30(16-9-10-17(26)18(27)12-16)20-13-37(33,34)14-21(20)36-23/h4-10,12,19-21H,11,13-14H2,1-3H3,(H,28,32)/t19-,20+,21-/m1/s1. The van der Waals surface area contributed by atoms with Gasteiger partial charge < -0.3 is 15.0 Å². The minimum atomic E-state index is -3.30. The Morgan fingerprint density at radius 1 is 1.22 bits per heavy atom. The number of anilines is 1. The molecular formula is C25H27ClFN3O5S2. The summed E-state index contributed by atoms with van der Waals surface area (Å²) in [5, 5.41) is 2.40. The van der Waals surface area contributed by atoms with Crippen molar-refractivity contribution in [3.63, 3.8) is 0 Å². The van der Waals surface area contributed by atoms with Gasteiger partial charge in [0.2, 0.25) is 0 Å². The van der Waals surface area contributed by atoms with Crippen molar-refractivity contribution in [3.05, 3.63) is 64.9 Å². The van der Waals surface area contributed by atoms with Crippen LogP contribution in [0.15, 0.2) is 53.5 Å². The van der Waals surface area contributed by atoms with Gasteiger partial charge in [0.05, 0.1) is 22.6 Å². The van der Waals surface area contributed by atoms with E-state index in [4.69, 9.17) is 16.3 Å². The molecule has 2 amide bonds. The molecule has 0 aliphatic carbocycles. The monoisotopic (exact) mass is 567 g/mol. The first kappa shape index (κ1) is 27.4. The maximum atomic E-state index is 14.3. The Kier molecular flexibility index (Phi) is 7.87. The molecule has 2 saturated heterocycles. The molecule has 3 atom stereocenters. The third-order valence-corrected chi connectivity index (χ3v) is 9.24. The van der Waals surface area contributed by atoms with Crippen LogP contribution in [0.2, 0.25) is 5.02 Å². The third kappa shape index (κ3) is 6.82. The number of rotatable bonds is 5. The number of carbonyl (C=O) groups excluding carboxylic acids is 2. The molecule has 0 aromatic heterocycles. The average Bonchev–Trinajstić information content (AvgIpc) is 3.25. The van der Waals surface area contributed by atoms with Gasteiger partial charge in [0.15, 0.2) is 15.0 Å². The largest absolute Gasteiger partial charge is 0.444 e. The van der Waals surface area contributed by atoms with E-state index >= 15 is 0 Å². The van der Waals surface area contributed by atoms with Gasteiger partial charge in [0, 0.05) is 17.4 Å². The molecule has 8 nitrogen and oxygen atoms in total. The number of aliphatic imine (C=N–C) groups is 1. The molecule has 2 heterocycles. The van der Waals surface area contributed by atoms with Crippen LogP contribution in [0.4, 0.5) is 14.9 Å². The smallest absolute Gasteiger partial charge is 0.408 e. The zero-order chi connectivity index (χ0) is 27.0. The normalized spacial score (nSPS) is 22.5. The van der Waals surface area contributed by atoms with Crippen LogP contribution >= 0.6 is 23.4 Å². The molecule has 0 unspecified atom stereocenters. The summed E-state index contributed by atoms with van der Waals surface area (Å²) in [5.74, 6) is -1.54. The highest BCUT2D eigenvalue weighted by atomic mass is 35.5. The van der Waals surface area contributed by atoms with Gasteiger partial charge in [-0.3, -0.25) is 4.79 Å². The number of sulfone groups is 1. The number of nitrogens with one attached hydrogen (secondary N) is 1. The van der Waals surface area contributed by atoms with E-state index < -0.39 is 45.3 Å². The highest BCUT2D eigenvalue weighted by Crippen LogP contribution is 2.41. The first-order valence-corrected chi connectivity index (χ1v) is 14.7. The molecule has 2 aromatic carbocycles. The lowest BCUT2D eigenvalue weighted by Crippen LogP contribution is -2.45. The maximum absolute atomic E-state index is 14.3. The molecule has 2 aliphatic heterocycles. The van der Waals surface area contributed by atoms with Gasteiger partial charge in [-0.05, 0) is 44.5 Å². The van der Waals surface area contributed by atoms with Crippen LogP contribution in [0, 0.1) is 5.82 Å². The van der Waals surface area contributed by atoms with Gasteiger partial charge in [-0.2, -0.15) is 4.99 Å². The van der Waals surface area contributed by atoms with Crippen molar-refractivity contribution in [2.75, 3.05) is 16.4 Å². The number of carbonyl (C=O) groups is 2. The van der Waals surface area contributed by atoms with E-state index in [1.165, 1.54) is 12.1 Å². The van der Waals surface area contributed by atoms with E-state index in [9.17, 15) is 22.4 Å². The number of hydrogen-bond acceptors (Lipinski definition) is 6. The number of alkyl carbamates (subject to hydrolysis) is 1. The third-order valence-electron chi connectivity index (χ3n) is 5.73. The molecule has 2 fully saturated rings. The van der Waals surface area contributed by atoms with E-state index in [2.05, 4.69) is 10.3 Å². The van der Waals surface area contributed by atoms with Gasteiger partial charge >= 0.3 is 6.09 Å². The lowest BCUT2D eigenvalue weighted by atomic mass is 10.1. The molecule has 2 aliphatic rings. The number of hydrogen-bond donors (Lipinski definition) is 1. The van der Waals surface area contributed by atoms with Gasteiger partial charge in [0.25, 0.3) is 5.91 Å². The molecule has 0 radical (unpaired) electrons. The lowest BCUT2D eigenvalue weighted by Gasteiger charge is -2.25. The number of halogens is 2. The second-order valence-corrected chi connectivity index (χ2v) is 13.7. The Bertz CT molecular complexity index is 1330. The molecule has 37 heavy (non-hydrogen) atoms. The van der Waals surface area contributed by atoms with Crippen LogP contribution in [0.1, 0.15) is 26.3 Å². The number of benzene rings is 2. The molecule has 1 N–H and O–H groups in total. The second-order valence-electron chi connectivity index (χ2n) is 9.89. The van der Waals surface area contributed by atoms with Gasteiger partial charge in [-0.1, -0.05) is 53.7 Å². The summed E-state index contributed by atoms with van der Waals surface area (Å²) in [6.07, 6.45) is -0.599.